The van der Waals surface area contributed by atoms with E-state index < -0.39 is 0 Å². The Labute approximate surface area is 220 Å². The highest BCUT2D eigenvalue weighted by Gasteiger charge is 2.24. The van der Waals surface area contributed by atoms with Gasteiger partial charge in [-0.2, -0.15) is 0 Å². The third kappa shape index (κ3) is 4.95. The van der Waals surface area contributed by atoms with Crippen molar-refractivity contribution in [3.63, 3.8) is 0 Å². The number of benzene rings is 3. The molecule has 0 atom stereocenters. The van der Waals surface area contributed by atoms with Crippen LogP contribution in [0.2, 0.25) is 0 Å². The van der Waals surface area contributed by atoms with Crippen molar-refractivity contribution in [3.8, 4) is 33.9 Å². The highest BCUT2D eigenvalue weighted by molar-refractivity contribution is 6.01. The molecule has 1 aliphatic rings. The van der Waals surface area contributed by atoms with Gasteiger partial charge in [-0.1, -0.05) is 30.8 Å². The Morgan fingerprint density at radius 1 is 0.974 bits per heavy atom. The zero-order chi connectivity index (χ0) is 26.1. The van der Waals surface area contributed by atoms with Crippen LogP contribution in [0.4, 0.5) is 11.6 Å². The first-order valence-corrected chi connectivity index (χ1v) is 12.4. The maximum atomic E-state index is 11.8. The number of hydrogen-bond acceptors (Lipinski definition) is 6. The number of carbonyl (C=O) groups excluding carboxylic acids is 1. The first-order valence-electron chi connectivity index (χ1n) is 12.4. The summed E-state index contributed by atoms with van der Waals surface area (Å²) < 4.78 is 6.03. The van der Waals surface area contributed by atoms with Crippen molar-refractivity contribution in [1.29, 1.82) is 0 Å². The maximum absolute atomic E-state index is 11.8. The third-order valence-corrected chi connectivity index (χ3v) is 6.55. The van der Waals surface area contributed by atoms with E-state index in [0.29, 0.717) is 17.5 Å². The zero-order valence-corrected chi connectivity index (χ0v) is 20.6. The fourth-order valence-electron chi connectivity index (χ4n) is 4.49. The number of aromatic nitrogens is 3. The lowest BCUT2D eigenvalue weighted by molar-refractivity contribution is -0.111. The molecule has 0 bridgehead atoms. The van der Waals surface area contributed by atoms with E-state index in [2.05, 4.69) is 39.0 Å². The monoisotopic (exact) mass is 499 g/mol. The van der Waals surface area contributed by atoms with Gasteiger partial charge < -0.3 is 15.8 Å². The van der Waals surface area contributed by atoms with Crippen LogP contribution in [0, 0.1) is 0 Å². The number of fused-ring (bicyclic) bond motifs is 1. The zero-order valence-electron chi connectivity index (χ0n) is 20.6. The summed E-state index contributed by atoms with van der Waals surface area (Å²) in [5, 5.41) is 3.67. The van der Waals surface area contributed by atoms with Crippen molar-refractivity contribution in [3.05, 3.63) is 103 Å². The number of anilines is 2. The lowest BCUT2D eigenvalue weighted by Gasteiger charge is -2.13. The van der Waals surface area contributed by atoms with Crippen LogP contribution < -0.4 is 15.8 Å². The SMILES string of the molecule is C=CC(=O)Nc1cccc(-c2cc(-c3ccc(Oc4cc(C5CC5)ccn4)cc3)cc3cnc(N)nc23)c1. The third-order valence-electron chi connectivity index (χ3n) is 6.55. The van der Waals surface area contributed by atoms with Crippen molar-refractivity contribution in [2.24, 2.45) is 0 Å². The summed E-state index contributed by atoms with van der Waals surface area (Å²) in [5.74, 6) is 1.89. The molecule has 1 aliphatic carbocycles. The summed E-state index contributed by atoms with van der Waals surface area (Å²) in [6.45, 7) is 3.52. The largest absolute Gasteiger partial charge is 0.439 e. The van der Waals surface area contributed by atoms with Gasteiger partial charge in [-0.05, 0) is 89.6 Å². The minimum Gasteiger partial charge on any atom is -0.439 e. The van der Waals surface area contributed by atoms with Crippen molar-refractivity contribution in [1.82, 2.24) is 15.0 Å². The molecule has 0 saturated heterocycles. The molecule has 1 saturated carbocycles. The molecule has 0 unspecified atom stereocenters. The molecule has 3 N–H and O–H groups in total. The lowest BCUT2D eigenvalue weighted by Crippen LogP contribution is -2.07. The molecule has 38 heavy (non-hydrogen) atoms. The van der Waals surface area contributed by atoms with Crippen LogP contribution in [0.5, 0.6) is 11.6 Å². The Balaban J connectivity index is 1.35. The Bertz CT molecular complexity index is 1680. The number of carbonyl (C=O) groups is 1. The van der Waals surface area contributed by atoms with Gasteiger partial charge in [-0.25, -0.2) is 15.0 Å². The molecule has 7 heteroatoms. The molecule has 5 aromatic rings. The van der Waals surface area contributed by atoms with Crippen LogP contribution in [-0.4, -0.2) is 20.9 Å². The van der Waals surface area contributed by atoms with Gasteiger partial charge in [0.2, 0.25) is 17.7 Å². The minimum atomic E-state index is -0.274. The van der Waals surface area contributed by atoms with Crippen molar-refractivity contribution >= 4 is 28.4 Å². The van der Waals surface area contributed by atoms with Gasteiger partial charge in [0.15, 0.2) is 0 Å². The normalized spacial score (nSPS) is 12.7. The second-order valence-corrected chi connectivity index (χ2v) is 9.29. The first-order chi connectivity index (χ1) is 18.6. The fourth-order valence-corrected chi connectivity index (χ4v) is 4.49. The van der Waals surface area contributed by atoms with Crippen LogP contribution >= 0.6 is 0 Å². The van der Waals surface area contributed by atoms with Crippen LogP contribution in [0.1, 0.15) is 24.3 Å². The molecular weight excluding hydrogens is 474 g/mol. The van der Waals surface area contributed by atoms with E-state index in [9.17, 15) is 4.79 Å². The molecule has 6 rings (SSSR count). The number of pyridine rings is 1. The summed E-state index contributed by atoms with van der Waals surface area (Å²) in [6, 6.07) is 23.7. The Kier molecular flexibility index (Phi) is 6.01. The fraction of sp³-hybridized carbons (Fsp3) is 0.0968. The van der Waals surface area contributed by atoms with Crippen LogP contribution in [-0.2, 0) is 4.79 Å². The van der Waals surface area contributed by atoms with Crippen LogP contribution in [0.3, 0.4) is 0 Å². The number of hydrogen-bond donors (Lipinski definition) is 2. The van der Waals surface area contributed by atoms with E-state index in [1.54, 1.807) is 12.4 Å². The van der Waals surface area contributed by atoms with Gasteiger partial charge in [-0.3, -0.25) is 4.79 Å². The average molecular weight is 500 g/mol. The number of nitrogens with zero attached hydrogens (tertiary/aromatic N) is 3. The van der Waals surface area contributed by atoms with E-state index in [4.69, 9.17) is 10.5 Å². The van der Waals surface area contributed by atoms with Crippen molar-refractivity contribution < 1.29 is 9.53 Å². The predicted octanol–water partition coefficient (Wildman–Crippen LogP) is 6.74. The van der Waals surface area contributed by atoms with Crippen LogP contribution in [0.25, 0.3) is 33.2 Å². The molecule has 1 fully saturated rings. The lowest BCUT2D eigenvalue weighted by atomic mass is 9.95. The second-order valence-electron chi connectivity index (χ2n) is 9.29. The van der Waals surface area contributed by atoms with Crippen molar-refractivity contribution in [2.45, 2.75) is 18.8 Å². The van der Waals surface area contributed by atoms with Gasteiger partial charge in [-0.15, -0.1) is 0 Å². The number of nitrogen functional groups attached to an aromatic ring is 1. The number of rotatable bonds is 7. The standard InChI is InChI=1S/C31H25N5O2/c1-2-28(37)35-25-5-3-4-22(15-25)27-16-23(14-24-18-34-31(32)36-30(24)27)20-8-10-26(11-9-20)38-29-17-21(12-13-33-29)19-6-7-19/h2-5,8-19H,1,6-7H2,(H,35,37)(H2,32,34,36). The Hall–Kier alpha value is -5.04. The molecule has 0 spiro atoms. The van der Waals surface area contributed by atoms with E-state index in [1.807, 2.05) is 60.7 Å². The van der Waals surface area contributed by atoms with Gasteiger partial charge in [0.25, 0.3) is 0 Å². The smallest absolute Gasteiger partial charge is 0.247 e. The number of amides is 1. The van der Waals surface area contributed by atoms with E-state index in [1.165, 1.54) is 24.5 Å². The molecule has 2 aromatic heterocycles. The van der Waals surface area contributed by atoms with Crippen molar-refractivity contribution in [2.75, 3.05) is 11.1 Å². The summed E-state index contributed by atoms with van der Waals surface area (Å²) in [7, 11) is 0. The summed E-state index contributed by atoms with van der Waals surface area (Å²) in [6.07, 6.45) is 7.24. The predicted molar refractivity (Wildman–Crippen MR) is 150 cm³/mol. The topological polar surface area (TPSA) is 103 Å². The van der Waals surface area contributed by atoms with Gasteiger partial charge >= 0.3 is 0 Å². The minimum absolute atomic E-state index is 0.198. The van der Waals surface area contributed by atoms with E-state index >= 15 is 0 Å². The van der Waals surface area contributed by atoms with E-state index in [-0.39, 0.29) is 11.9 Å². The molecule has 0 radical (unpaired) electrons. The quantitative estimate of drug-likeness (QED) is 0.241. The van der Waals surface area contributed by atoms with Gasteiger partial charge in [0.1, 0.15) is 5.75 Å². The summed E-state index contributed by atoms with van der Waals surface area (Å²) in [5.41, 5.74) is 12.4. The maximum Gasteiger partial charge on any atom is 0.247 e. The van der Waals surface area contributed by atoms with E-state index in [0.717, 1.165) is 38.9 Å². The molecular formula is C31H25N5O2. The van der Waals surface area contributed by atoms with Gasteiger partial charge in [0.05, 0.1) is 5.52 Å². The average Bonchev–Trinajstić information content (AvgIpc) is 3.79. The Morgan fingerprint density at radius 2 is 1.82 bits per heavy atom. The molecule has 0 aliphatic heterocycles. The van der Waals surface area contributed by atoms with Crippen LogP contribution in [0.15, 0.2) is 97.8 Å². The number of nitrogens with one attached hydrogen (secondary N) is 1. The summed E-state index contributed by atoms with van der Waals surface area (Å²) in [4.78, 5) is 24.9. The first kappa shape index (κ1) is 23.4. The summed E-state index contributed by atoms with van der Waals surface area (Å²) >= 11 is 0. The van der Waals surface area contributed by atoms with Gasteiger partial charge in [0, 0.05) is 35.1 Å². The highest BCUT2D eigenvalue weighted by atomic mass is 16.5. The molecule has 3 aromatic carbocycles. The molecule has 7 nitrogen and oxygen atoms in total. The Morgan fingerprint density at radius 3 is 2.61 bits per heavy atom. The molecule has 186 valence electrons. The molecule has 1 amide bonds. The number of ether oxygens (including phenoxy) is 1. The highest BCUT2D eigenvalue weighted by Crippen LogP contribution is 2.41. The second kappa shape index (κ2) is 9.78. The molecule has 2 heterocycles. The number of nitrogens with two attached hydrogens (primary N) is 1.